The lowest BCUT2D eigenvalue weighted by Gasteiger charge is -2.52. The van der Waals surface area contributed by atoms with Gasteiger partial charge in [0.15, 0.2) is 0 Å². The summed E-state index contributed by atoms with van der Waals surface area (Å²) in [4.78, 5) is 0. The Morgan fingerprint density at radius 2 is 2.06 bits per heavy atom. The Morgan fingerprint density at radius 1 is 1.39 bits per heavy atom. The number of rotatable bonds is 4. The first-order valence-corrected chi connectivity index (χ1v) is 6.88. The van der Waals surface area contributed by atoms with Crippen LogP contribution in [0.15, 0.2) is 24.3 Å². The van der Waals surface area contributed by atoms with Gasteiger partial charge in [-0.2, -0.15) is 0 Å². The van der Waals surface area contributed by atoms with Crippen molar-refractivity contribution in [3.8, 4) is 0 Å². The zero-order chi connectivity index (χ0) is 13.3. The molecule has 0 aromatic heterocycles. The summed E-state index contributed by atoms with van der Waals surface area (Å²) < 4.78 is 5.48. The van der Waals surface area contributed by atoms with Crippen LogP contribution in [0.5, 0.6) is 0 Å². The van der Waals surface area contributed by atoms with Crippen LogP contribution in [0.3, 0.4) is 0 Å². The van der Waals surface area contributed by atoms with Crippen molar-refractivity contribution < 1.29 is 4.74 Å². The Bertz CT molecular complexity index is 419. The predicted molar refractivity (Wildman–Crippen MR) is 76.0 cm³/mol. The molecule has 1 aromatic rings. The molecule has 0 radical (unpaired) electrons. The van der Waals surface area contributed by atoms with Crippen molar-refractivity contribution in [2.75, 3.05) is 7.11 Å². The topological polar surface area (TPSA) is 21.3 Å². The van der Waals surface area contributed by atoms with Crippen LogP contribution in [0.4, 0.5) is 0 Å². The number of hydrogen-bond donors (Lipinski definition) is 1. The third-order valence-electron chi connectivity index (χ3n) is 4.29. The molecule has 1 aromatic carbocycles. The Hall–Kier alpha value is -0.570. The van der Waals surface area contributed by atoms with E-state index in [0.29, 0.717) is 12.1 Å². The highest BCUT2D eigenvalue weighted by Crippen LogP contribution is 2.43. The van der Waals surface area contributed by atoms with E-state index in [4.69, 9.17) is 16.3 Å². The molecule has 0 heterocycles. The van der Waals surface area contributed by atoms with Gasteiger partial charge >= 0.3 is 0 Å². The molecule has 2 nitrogen and oxygen atoms in total. The van der Waals surface area contributed by atoms with Crippen molar-refractivity contribution >= 4 is 11.6 Å². The summed E-state index contributed by atoms with van der Waals surface area (Å²) in [5, 5.41) is 4.49. The van der Waals surface area contributed by atoms with Gasteiger partial charge in [-0.3, -0.25) is 0 Å². The van der Waals surface area contributed by atoms with E-state index in [9.17, 15) is 0 Å². The fourth-order valence-corrected chi connectivity index (χ4v) is 3.09. The molecule has 1 saturated carbocycles. The summed E-state index contributed by atoms with van der Waals surface area (Å²) in [5.41, 5.74) is 1.35. The first kappa shape index (κ1) is 13.9. The average Bonchev–Trinajstić information content (AvgIpc) is 2.34. The normalized spacial score (nSPS) is 27.6. The molecule has 3 unspecified atom stereocenters. The van der Waals surface area contributed by atoms with Gasteiger partial charge in [0, 0.05) is 29.6 Å². The summed E-state index contributed by atoms with van der Waals surface area (Å²) in [6, 6.07) is 8.77. The van der Waals surface area contributed by atoms with Gasteiger partial charge in [-0.25, -0.2) is 0 Å². The Labute approximate surface area is 115 Å². The van der Waals surface area contributed by atoms with Crippen LogP contribution < -0.4 is 5.32 Å². The van der Waals surface area contributed by atoms with Crippen LogP contribution in [0.1, 0.15) is 38.8 Å². The zero-order valence-electron chi connectivity index (χ0n) is 11.5. The molecule has 0 bridgehead atoms. The fourth-order valence-electron chi connectivity index (χ4n) is 2.79. The summed E-state index contributed by atoms with van der Waals surface area (Å²) >= 11 is 6.23. The van der Waals surface area contributed by atoms with Crippen molar-refractivity contribution in [3.05, 3.63) is 34.9 Å². The molecule has 3 heteroatoms. The molecule has 0 aliphatic heterocycles. The van der Waals surface area contributed by atoms with E-state index < -0.39 is 0 Å². The monoisotopic (exact) mass is 267 g/mol. The number of halogens is 1. The number of ether oxygens (including phenoxy) is 1. The van der Waals surface area contributed by atoms with E-state index in [2.05, 4.69) is 32.2 Å². The molecule has 0 saturated heterocycles. The van der Waals surface area contributed by atoms with Crippen molar-refractivity contribution in [1.82, 2.24) is 5.32 Å². The van der Waals surface area contributed by atoms with Gasteiger partial charge in [0.1, 0.15) is 0 Å². The molecule has 1 N–H and O–H groups in total. The molecule has 18 heavy (non-hydrogen) atoms. The second kappa shape index (κ2) is 5.20. The van der Waals surface area contributed by atoms with Crippen LogP contribution in [-0.2, 0) is 4.74 Å². The van der Waals surface area contributed by atoms with Crippen molar-refractivity contribution in [3.63, 3.8) is 0 Å². The maximum atomic E-state index is 6.23. The highest BCUT2D eigenvalue weighted by atomic mass is 35.5. The molecular weight excluding hydrogens is 246 g/mol. The van der Waals surface area contributed by atoms with Gasteiger partial charge in [0.2, 0.25) is 0 Å². The first-order chi connectivity index (χ1) is 8.46. The van der Waals surface area contributed by atoms with Crippen LogP contribution in [-0.4, -0.2) is 19.3 Å². The van der Waals surface area contributed by atoms with Gasteiger partial charge in [0.25, 0.3) is 0 Å². The van der Waals surface area contributed by atoms with Crippen LogP contribution >= 0.6 is 11.6 Å². The van der Waals surface area contributed by atoms with Crippen molar-refractivity contribution in [2.45, 2.75) is 45.4 Å². The lowest BCUT2D eigenvalue weighted by Crippen LogP contribution is -2.60. The summed E-state index contributed by atoms with van der Waals surface area (Å²) in [7, 11) is 1.79. The molecule has 0 amide bonds. The van der Waals surface area contributed by atoms with Crippen LogP contribution in [0, 0.1) is 5.41 Å². The fraction of sp³-hybridized carbons (Fsp3) is 0.600. The lowest BCUT2D eigenvalue weighted by atomic mass is 9.64. The van der Waals surface area contributed by atoms with E-state index in [-0.39, 0.29) is 11.5 Å². The number of methoxy groups -OCH3 is 1. The Morgan fingerprint density at radius 3 is 2.61 bits per heavy atom. The minimum absolute atomic E-state index is 0.185. The summed E-state index contributed by atoms with van der Waals surface area (Å²) in [6.45, 7) is 6.67. The first-order valence-electron chi connectivity index (χ1n) is 6.50. The zero-order valence-corrected chi connectivity index (χ0v) is 12.3. The van der Waals surface area contributed by atoms with E-state index in [1.54, 1.807) is 7.11 Å². The standard InChI is InChI=1S/C15H22ClNO/c1-10(11-7-5-6-8-12(11)16)17-13-9-14(18-4)15(13,2)3/h5-8,10,13-14,17H,9H2,1-4H3. The molecular formula is C15H22ClNO. The number of nitrogens with one attached hydrogen (secondary N) is 1. The van der Waals surface area contributed by atoms with Crippen molar-refractivity contribution in [2.24, 2.45) is 5.41 Å². The highest BCUT2D eigenvalue weighted by molar-refractivity contribution is 6.31. The highest BCUT2D eigenvalue weighted by Gasteiger charge is 2.48. The molecule has 0 spiro atoms. The second-order valence-electron chi connectivity index (χ2n) is 5.74. The smallest absolute Gasteiger partial charge is 0.0652 e. The van der Waals surface area contributed by atoms with Gasteiger partial charge in [0.05, 0.1) is 6.10 Å². The van der Waals surface area contributed by atoms with Crippen LogP contribution in [0.25, 0.3) is 0 Å². The quantitative estimate of drug-likeness (QED) is 0.896. The third-order valence-corrected chi connectivity index (χ3v) is 4.63. The number of hydrogen-bond acceptors (Lipinski definition) is 2. The van der Waals surface area contributed by atoms with E-state index in [1.807, 2.05) is 18.2 Å². The van der Waals surface area contributed by atoms with Crippen LogP contribution in [0.2, 0.25) is 5.02 Å². The average molecular weight is 268 g/mol. The number of benzene rings is 1. The minimum atomic E-state index is 0.185. The second-order valence-corrected chi connectivity index (χ2v) is 6.15. The molecule has 1 aliphatic rings. The maximum absolute atomic E-state index is 6.23. The van der Waals surface area contributed by atoms with E-state index in [0.717, 1.165) is 17.0 Å². The van der Waals surface area contributed by atoms with E-state index >= 15 is 0 Å². The minimum Gasteiger partial charge on any atom is -0.381 e. The van der Waals surface area contributed by atoms with Gasteiger partial charge < -0.3 is 10.1 Å². The van der Waals surface area contributed by atoms with Crippen molar-refractivity contribution in [1.29, 1.82) is 0 Å². The molecule has 1 fully saturated rings. The summed E-state index contributed by atoms with van der Waals surface area (Å²) in [5.74, 6) is 0. The van der Waals surface area contributed by atoms with Gasteiger partial charge in [-0.1, -0.05) is 43.6 Å². The SMILES string of the molecule is COC1CC(NC(C)c2ccccc2Cl)C1(C)C. The van der Waals surface area contributed by atoms with Gasteiger partial charge in [-0.15, -0.1) is 0 Å². The lowest BCUT2D eigenvalue weighted by molar-refractivity contribution is -0.0999. The van der Waals surface area contributed by atoms with Gasteiger partial charge in [-0.05, 0) is 25.0 Å². The Balaban J connectivity index is 2.02. The molecule has 2 rings (SSSR count). The molecule has 1 aliphatic carbocycles. The molecule has 100 valence electrons. The third kappa shape index (κ3) is 2.42. The summed E-state index contributed by atoms with van der Waals surface area (Å²) in [6.07, 6.45) is 1.42. The molecule has 3 atom stereocenters. The van der Waals surface area contributed by atoms with E-state index in [1.165, 1.54) is 0 Å². The maximum Gasteiger partial charge on any atom is 0.0652 e. The predicted octanol–water partition coefficient (Wildman–Crippen LogP) is 3.80. The largest absolute Gasteiger partial charge is 0.381 e. The Kier molecular flexibility index (Phi) is 4.00.